The van der Waals surface area contributed by atoms with Crippen molar-refractivity contribution in [1.82, 2.24) is 4.90 Å². The fourth-order valence-corrected chi connectivity index (χ4v) is 2.73. The lowest BCUT2D eigenvalue weighted by Gasteiger charge is -2.24. The minimum atomic E-state index is -0.399. The molecule has 2 N–H and O–H groups in total. The lowest BCUT2D eigenvalue weighted by Crippen LogP contribution is -2.35. The summed E-state index contributed by atoms with van der Waals surface area (Å²) in [7, 11) is 0. The van der Waals surface area contributed by atoms with Crippen molar-refractivity contribution in [3.8, 4) is 0 Å². The van der Waals surface area contributed by atoms with Crippen molar-refractivity contribution in [1.29, 1.82) is 0 Å². The van der Waals surface area contributed by atoms with Crippen LogP contribution in [0, 0.1) is 5.92 Å². The zero-order chi connectivity index (χ0) is 12.9. The van der Waals surface area contributed by atoms with E-state index in [1.807, 2.05) is 37.4 Å². The minimum Gasteiger partial charge on any atom is -0.444 e. The van der Waals surface area contributed by atoms with Crippen LogP contribution >= 0.6 is 11.8 Å². The molecule has 0 aromatic heterocycles. The maximum Gasteiger partial charge on any atom is 0.410 e. The topological polar surface area (TPSA) is 55.6 Å². The Morgan fingerprint density at radius 3 is 2.82 bits per heavy atom. The highest BCUT2D eigenvalue weighted by atomic mass is 32.2. The number of amides is 1. The SMILES string of the molecule is CC(C)(C)OC(=O)N1CCC(CSCCN)C1. The van der Waals surface area contributed by atoms with E-state index in [2.05, 4.69) is 0 Å². The smallest absolute Gasteiger partial charge is 0.410 e. The largest absolute Gasteiger partial charge is 0.444 e. The fourth-order valence-electron chi connectivity index (χ4n) is 1.79. The van der Waals surface area contributed by atoms with E-state index in [1.54, 1.807) is 0 Å². The predicted octanol–water partition coefficient (Wildman–Crippen LogP) is 1.94. The van der Waals surface area contributed by atoms with Gasteiger partial charge in [-0.1, -0.05) is 0 Å². The average Bonchev–Trinajstić information content (AvgIpc) is 2.64. The third-order valence-corrected chi connectivity index (χ3v) is 3.78. The van der Waals surface area contributed by atoms with Crippen LogP contribution in [0.3, 0.4) is 0 Å². The van der Waals surface area contributed by atoms with Gasteiger partial charge in [0, 0.05) is 25.4 Å². The molecule has 1 aliphatic rings. The Balaban J connectivity index is 2.27. The Morgan fingerprint density at radius 1 is 1.53 bits per heavy atom. The highest BCUT2D eigenvalue weighted by Gasteiger charge is 2.29. The predicted molar refractivity (Wildman–Crippen MR) is 72.3 cm³/mol. The molecule has 0 aromatic rings. The van der Waals surface area contributed by atoms with Crippen LogP contribution in [-0.4, -0.2) is 47.7 Å². The summed E-state index contributed by atoms with van der Waals surface area (Å²) in [6.45, 7) is 8.07. The van der Waals surface area contributed by atoms with Crippen molar-refractivity contribution in [3.63, 3.8) is 0 Å². The zero-order valence-corrected chi connectivity index (χ0v) is 11.9. The second-order valence-electron chi connectivity index (χ2n) is 5.44. The Morgan fingerprint density at radius 2 is 2.24 bits per heavy atom. The molecule has 0 aromatic carbocycles. The van der Waals surface area contributed by atoms with Crippen LogP contribution < -0.4 is 5.73 Å². The normalized spacial score (nSPS) is 20.7. The lowest BCUT2D eigenvalue weighted by molar-refractivity contribution is 0.0289. The first kappa shape index (κ1) is 14.6. The number of thioether (sulfide) groups is 1. The van der Waals surface area contributed by atoms with E-state index >= 15 is 0 Å². The van der Waals surface area contributed by atoms with Gasteiger partial charge in [0.2, 0.25) is 0 Å². The van der Waals surface area contributed by atoms with Crippen LogP contribution in [0.5, 0.6) is 0 Å². The van der Waals surface area contributed by atoms with Crippen molar-refractivity contribution < 1.29 is 9.53 Å². The van der Waals surface area contributed by atoms with Crippen LogP contribution in [0.15, 0.2) is 0 Å². The van der Waals surface area contributed by atoms with Crippen LogP contribution in [-0.2, 0) is 4.74 Å². The molecule has 1 unspecified atom stereocenters. The van der Waals surface area contributed by atoms with E-state index in [-0.39, 0.29) is 6.09 Å². The highest BCUT2D eigenvalue weighted by molar-refractivity contribution is 7.99. The summed E-state index contributed by atoms with van der Waals surface area (Å²) >= 11 is 1.87. The molecule has 1 saturated heterocycles. The molecule has 1 heterocycles. The number of likely N-dealkylation sites (tertiary alicyclic amines) is 1. The molecule has 0 aliphatic carbocycles. The number of carbonyl (C=O) groups excluding carboxylic acids is 1. The monoisotopic (exact) mass is 260 g/mol. The summed E-state index contributed by atoms with van der Waals surface area (Å²) < 4.78 is 5.36. The molecule has 1 fully saturated rings. The summed E-state index contributed by atoms with van der Waals surface area (Å²) in [6, 6.07) is 0. The number of carbonyl (C=O) groups is 1. The van der Waals surface area contributed by atoms with E-state index < -0.39 is 5.60 Å². The van der Waals surface area contributed by atoms with Gasteiger partial charge in [0.05, 0.1) is 0 Å². The van der Waals surface area contributed by atoms with Crippen molar-refractivity contribution in [2.45, 2.75) is 32.8 Å². The first-order valence-electron chi connectivity index (χ1n) is 6.18. The summed E-state index contributed by atoms with van der Waals surface area (Å²) in [6.07, 6.45) is 0.903. The van der Waals surface area contributed by atoms with Crippen LogP contribution in [0.25, 0.3) is 0 Å². The van der Waals surface area contributed by atoms with E-state index in [1.165, 1.54) is 0 Å². The highest BCUT2D eigenvalue weighted by Crippen LogP contribution is 2.22. The molecule has 1 aliphatic heterocycles. The van der Waals surface area contributed by atoms with Gasteiger partial charge in [-0.05, 0) is 38.9 Å². The number of rotatable bonds is 4. The Labute approximate surface area is 108 Å². The standard InChI is InChI=1S/C12H24N2O2S/c1-12(2,3)16-11(15)14-6-4-10(8-14)9-17-7-5-13/h10H,4-9,13H2,1-3H3. The lowest BCUT2D eigenvalue weighted by atomic mass is 10.2. The second kappa shape index (κ2) is 6.50. The maximum absolute atomic E-state index is 11.8. The molecule has 100 valence electrons. The number of hydrogen-bond acceptors (Lipinski definition) is 4. The third-order valence-electron chi connectivity index (χ3n) is 2.55. The van der Waals surface area contributed by atoms with Gasteiger partial charge in [0.15, 0.2) is 0 Å². The molecular formula is C12H24N2O2S. The van der Waals surface area contributed by atoms with Gasteiger partial charge >= 0.3 is 6.09 Å². The third kappa shape index (κ3) is 5.64. The van der Waals surface area contributed by atoms with E-state index in [9.17, 15) is 4.79 Å². The molecule has 1 atom stereocenters. The van der Waals surface area contributed by atoms with Crippen LogP contribution in [0.2, 0.25) is 0 Å². The van der Waals surface area contributed by atoms with Crippen molar-refractivity contribution in [3.05, 3.63) is 0 Å². The van der Waals surface area contributed by atoms with E-state index in [0.29, 0.717) is 5.92 Å². The van der Waals surface area contributed by atoms with Crippen molar-refractivity contribution >= 4 is 17.9 Å². The van der Waals surface area contributed by atoms with Gasteiger partial charge < -0.3 is 15.4 Å². The first-order valence-corrected chi connectivity index (χ1v) is 7.33. The Hall–Kier alpha value is -0.420. The molecule has 0 spiro atoms. The Bertz CT molecular complexity index is 253. The van der Waals surface area contributed by atoms with Crippen molar-refractivity contribution in [2.75, 3.05) is 31.1 Å². The second-order valence-corrected chi connectivity index (χ2v) is 6.59. The van der Waals surface area contributed by atoms with E-state index in [4.69, 9.17) is 10.5 Å². The molecule has 0 saturated carbocycles. The van der Waals surface area contributed by atoms with Gasteiger partial charge in [0.1, 0.15) is 5.60 Å². The molecule has 1 amide bonds. The van der Waals surface area contributed by atoms with E-state index in [0.717, 1.165) is 37.6 Å². The van der Waals surface area contributed by atoms with Gasteiger partial charge in [-0.15, -0.1) is 0 Å². The number of hydrogen-bond donors (Lipinski definition) is 1. The molecular weight excluding hydrogens is 236 g/mol. The van der Waals surface area contributed by atoms with Gasteiger partial charge in [0.25, 0.3) is 0 Å². The summed E-state index contributed by atoms with van der Waals surface area (Å²) in [5, 5.41) is 0. The van der Waals surface area contributed by atoms with Gasteiger partial charge in [-0.3, -0.25) is 0 Å². The summed E-state index contributed by atoms with van der Waals surface area (Å²) in [5.74, 6) is 2.69. The minimum absolute atomic E-state index is 0.177. The summed E-state index contributed by atoms with van der Waals surface area (Å²) in [5.41, 5.74) is 5.05. The van der Waals surface area contributed by atoms with Crippen LogP contribution in [0.4, 0.5) is 4.79 Å². The average molecular weight is 260 g/mol. The number of nitrogens with zero attached hydrogens (tertiary/aromatic N) is 1. The summed E-state index contributed by atoms with van der Waals surface area (Å²) in [4.78, 5) is 13.6. The van der Waals surface area contributed by atoms with Crippen LogP contribution in [0.1, 0.15) is 27.2 Å². The van der Waals surface area contributed by atoms with Gasteiger partial charge in [-0.25, -0.2) is 4.79 Å². The molecule has 4 nitrogen and oxygen atoms in total. The van der Waals surface area contributed by atoms with Crippen molar-refractivity contribution in [2.24, 2.45) is 11.7 Å². The van der Waals surface area contributed by atoms with Gasteiger partial charge in [-0.2, -0.15) is 11.8 Å². The fraction of sp³-hybridized carbons (Fsp3) is 0.917. The molecule has 5 heteroatoms. The quantitative estimate of drug-likeness (QED) is 0.785. The first-order chi connectivity index (χ1) is 7.92. The number of nitrogens with two attached hydrogens (primary N) is 1. The molecule has 17 heavy (non-hydrogen) atoms. The maximum atomic E-state index is 11.8. The molecule has 0 bridgehead atoms. The molecule has 0 radical (unpaired) electrons. The molecule has 1 rings (SSSR count). The Kier molecular flexibility index (Phi) is 5.59. The zero-order valence-electron chi connectivity index (χ0n) is 11.1. The number of ether oxygens (including phenoxy) is 1.